The van der Waals surface area contributed by atoms with Crippen LogP contribution in [-0.4, -0.2) is 36.1 Å². The highest BCUT2D eigenvalue weighted by atomic mass is 35.5. The zero-order valence-corrected chi connectivity index (χ0v) is 12.2. The Morgan fingerprint density at radius 2 is 2.17 bits per heavy atom. The fourth-order valence-corrected chi connectivity index (χ4v) is 3.92. The molecule has 0 bridgehead atoms. The molecule has 1 saturated heterocycles. The van der Waals surface area contributed by atoms with Crippen molar-refractivity contribution >= 4 is 34.3 Å². The Bertz CT molecular complexity index is 517. The first-order chi connectivity index (χ1) is 8.81. The van der Waals surface area contributed by atoms with Crippen LogP contribution in [0.3, 0.4) is 0 Å². The molecule has 3 heterocycles. The fourth-order valence-electron chi connectivity index (χ4n) is 2.01. The van der Waals surface area contributed by atoms with Gasteiger partial charge < -0.3 is 5.32 Å². The van der Waals surface area contributed by atoms with Crippen molar-refractivity contribution in [1.29, 1.82) is 0 Å². The molecule has 0 saturated carbocycles. The van der Waals surface area contributed by atoms with Gasteiger partial charge in [0.2, 0.25) is 0 Å². The fraction of sp³-hybridized carbons (Fsp3) is 0.417. The van der Waals surface area contributed by atoms with Crippen molar-refractivity contribution in [1.82, 2.24) is 15.2 Å². The van der Waals surface area contributed by atoms with Gasteiger partial charge in [-0.15, -0.1) is 22.7 Å². The van der Waals surface area contributed by atoms with E-state index < -0.39 is 0 Å². The van der Waals surface area contributed by atoms with Gasteiger partial charge in [0.25, 0.3) is 0 Å². The molecule has 2 aromatic rings. The van der Waals surface area contributed by atoms with Crippen molar-refractivity contribution < 1.29 is 0 Å². The number of piperazine rings is 1. The average molecular weight is 300 g/mol. The molecule has 18 heavy (non-hydrogen) atoms. The molecule has 0 aromatic carbocycles. The minimum absolute atomic E-state index is 0.821. The molecule has 3 nitrogen and oxygen atoms in total. The van der Waals surface area contributed by atoms with Gasteiger partial charge in [0.05, 0.1) is 21.5 Å². The number of halogens is 1. The number of nitrogens with zero attached hydrogens (tertiary/aromatic N) is 2. The number of rotatable bonds is 3. The summed E-state index contributed by atoms with van der Waals surface area (Å²) in [5.41, 5.74) is 1.06. The summed E-state index contributed by atoms with van der Waals surface area (Å²) in [4.78, 5) is 8.30. The van der Waals surface area contributed by atoms with Crippen molar-refractivity contribution in [2.45, 2.75) is 6.54 Å². The second-order valence-electron chi connectivity index (χ2n) is 4.26. The Hall–Kier alpha value is -0.460. The molecular weight excluding hydrogens is 286 g/mol. The number of thiazole rings is 1. The number of aromatic nitrogens is 1. The molecule has 0 unspecified atom stereocenters. The molecule has 1 N–H and O–H groups in total. The summed E-state index contributed by atoms with van der Waals surface area (Å²) in [6.07, 6.45) is 0. The van der Waals surface area contributed by atoms with Crippen LogP contribution in [0.5, 0.6) is 0 Å². The molecule has 0 atom stereocenters. The maximum Gasteiger partial charge on any atom is 0.107 e. The largest absolute Gasteiger partial charge is 0.314 e. The van der Waals surface area contributed by atoms with Crippen LogP contribution >= 0.6 is 34.3 Å². The van der Waals surface area contributed by atoms with Gasteiger partial charge in [0.1, 0.15) is 5.01 Å². The first-order valence-corrected chi connectivity index (χ1v) is 8.02. The first kappa shape index (κ1) is 12.6. The molecule has 0 spiro atoms. The molecule has 3 rings (SSSR count). The van der Waals surface area contributed by atoms with Crippen molar-refractivity contribution in [3.05, 3.63) is 26.9 Å². The van der Waals surface area contributed by atoms with Gasteiger partial charge in [-0.25, -0.2) is 4.98 Å². The lowest BCUT2D eigenvalue weighted by Gasteiger charge is -2.26. The van der Waals surface area contributed by atoms with E-state index >= 15 is 0 Å². The Morgan fingerprint density at radius 3 is 2.89 bits per heavy atom. The van der Waals surface area contributed by atoms with Crippen LogP contribution in [-0.2, 0) is 6.54 Å². The molecule has 0 radical (unpaired) electrons. The van der Waals surface area contributed by atoms with Crippen LogP contribution in [0.4, 0.5) is 0 Å². The van der Waals surface area contributed by atoms with Crippen LogP contribution in [0.25, 0.3) is 10.6 Å². The summed E-state index contributed by atoms with van der Waals surface area (Å²) >= 11 is 9.28. The van der Waals surface area contributed by atoms with Gasteiger partial charge in [-0.05, 0) is 12.1 Å². The Balaban J connectivity index is 1.69. The molecule has 96 valence electrons. The van der Waals surface area contributed by atoms with E-state index in [1.807, 2.05) is 12.1 Å². The first-order valence-electron chi connectivity index (χ1n) is 5.94. The predicted octanol–water partition coefficient (Wildman–Crippen LogP) is 2.93. The molecular formula is C12H14ClN3S2. The monoisotopic (exact) mass is 299 g/mol. The van der Waals surface area contributed by atoms with Gasteiger partial charge in [-0.3, -0.25) is 4.90 Å². The van der Waals surface area contributed by atoms with Crippen molar-refractivity contribution in [3.63, 3.8) is 0 Å². The van der Waals surface area contributed by atoms with E-state index in [9.17, 15) is 0 Å². The quantitative estimate of drug-likeness (QED) is 0.944. The smallest absolute Gasteiger partial charge is 0.107 e. The molecule has 2 aromatic heterocycles. The summed E-state index contributed by atoms with van der Waals surface area (Å²) in [5, 5.41) is 6.68. The van der Waals surface area contributed by atoms with Crippen LogP contribution in [0.15, 0.2) is 17.5 Å². The number of nitrogens with one attached hydrogen (secondary N) is 1. The zero-order valence-electron chi connectivity index (χ0n) is 9.86. The molecule has 0 aliphatic carbocycles. The van der Waals surface area contributed by atoms with E-state index in [0.29, 0.717) is 0 Å². The highest BCUT2D eigenvalue weighted by Gasteiger charge is 2.13. The van der Waals surface area contributed by atoms with E-state index in [1.54, 1.807) is 22.7 Å². The van der Waals surface area contributed by atoms with Crippen molar-refractivity contribution in [2.24, 2.45) is 0 Å². The SMILES string of the molecule is Clc1ccc(-c2csc(CN3CCNCC3)n2)s1. The molecule has 1 fully saturated rings. The van der Waals surface area contributed by atoms with Gasteiger partial charge in [-0.2, -0.15) is 0 Å². The van der Waals surface area contributed by atoms with E-state index in [-0.39, 0.29) is 0 Å². The van der Waals surface area contributed by atoms with Gasteiger partial charge in [0, 0.05) is 31.6 Å². The average Bonchev–Trinajstić information content (AvgIpc) is 2.99. The molecule has 6 heteroatoms. The van der Waals surface area contributed by atoms with Gasteiger partial charge >= 0.3 is 0 Å². The van der Waals surface area contributed by atoms with Gasteiger partial charge in [-0.1, -0.05) is 11.6 Å². The van der Waals surface area contributed by atoms with Crippen LogP contribution in [0.2, 0.25) is 4.34 Å². The maximum atomic E-state index is 5.95. The minimum Gasteiger partial charge on any atom is -0.314 e. The standard InChI is InChI=1S/C12H14ClN3S2/c13-11-2-1-10(18-11)9-8-17-12(15-9)7-16-5-3-14-4-6-16/h1-2,8,14H,3-7H2. The number of thiophene rings is 1. The highest BCUT2D eigenvalue weighted by Crippen LogP contribution is 2.31. The number of hydrogen-bond donors (Lipinski definition) is 1. The van der Waals surface area contributed by atoms with Crippen molar-refractivity contribution in [2.75, 3.05) is 26.2 Å². The lowest BCUT2D eigenvalue weighted by molar-refractivity contribution is 0.233. The third-order valence-corrected chi connectivity index (χ3v) is 5.03. The second kappa shape index (κ2) is 5.67. The van der Waals surface area contributed by atoms with Gasteiger partial charge in [0.15, 0.2) is 0 Å². The summed E-state index contributed by atoms with van der Waals surface area (Å²) in [6, 6.07) is 3.97. The Kier molecular flexibility index (Phi) is 3.96. The van der Waals surface area contributed by atoms with E-state index in [4.69, 9.17) is 16.6 Å². The summed E-state index contributed by atoms with van der Waals surface area (Å²) in [5.74, 6) is 0. The normalized spacial score (nSPS) is 17.2. The van der Waals surface area contributed by atoms with Crippen LogP contribution in [0, 0.1) is 0 Å². The third kappa shape index (κ3) is 2.92. The number of hydrogen-bond acceptors (Lipinski definition) is 5. The maximum absolute atomic E-state index is 5.95. The summed E-state index contributed by atoms with van der Waals surface area (Å²) in [6.45, 7) is 5.35. The lowest BCUT2D eigenvalue weighted by Crippen LogP contribution is -2.42. The molecule has 1 aliphatic heterocycles. The van der Waals surface area contributed by atoms with E-state index in [0.717, 1.165) is 47.6 Å². The predicted molar refractivity (Wildman–Crippen MR) is 78.6 cm³/mol. The molecule has 1 aliphatic rings. The highest BCUT2D eigenvalue weighted by molar-refractivity contribution is 7.19. The topological polar surface area (TPSA) is 28.2 Å². The lowest BCUT2D eigenvalue weighted by atomic mass is 10.3. The Morgan fingerprint density at radius 1 is 1.33 bits per heavy atom. The minimum atomic E-state index is 0.821. The summed E-state index contributed by atoms with van der Waals surface area (Å²) < 4.78 is 0.821. The van der Waals surface area contributed by atoms with Crippen LogP contribution in [0.1, 0.15) is 5.01 Å². The summed E-state index contributed by atoms with van der Waals surface area (Å²) in [7, 11) is 0. The second-order valence-corrected chi connectivity index (χ2v) is 6.91. The van der Waals surface area contributed by atoms with Crippen molar-refractivity contribution in [3.8, 4) is 10.6 Å². The zero-order chi connectivity index (χ0) is 12.4. The third-order valence-electron chi connectivity index (χ3n) is 2.95. The van der Waals surface area contributed by atoms with Crippen LogP contribution < -0.4 is 5.32 Å². The Labute approximate surface area is 119 Å². The molecule has 0 amide bonds. The van der Waals surface area contributed by atoms with E-state index in [2.05, 4.69) is 15.6 Å². The van der Waals surface area contributed by atoms with E-state index in [1.165, 1.54) is 5.01 Å².